The molecule has 2 aromatic heterocycles. The normalized spacial score (nSPS) is 11.5. The second-order valence-electron chi connectivity index (χ2n) is 5.10. The third kappa shape index (κ3) is 3.30. The molecule has 0 aliphatic carbocycles. The van der Waals surface area contributed by atoms with Gasteiger partial charge in [-0.3, -0.25) is 4.79 Å². The van der Waals surface area contributed by atoms with Crippen LogP contribution in [0.1, 0.15) is 16.1 Å². The SMILES string of the molecule is C=NC(=Nc1ccc(C(N)=O)cn1)Nc1ccc2oc(C)cc2c1. The Bertz CT molecular complexity index is 941. The van der Waals surface area contributed by atoms with Crippen LogP contribution in [0.25, 0.3) is 11.0 Å². The molecule has 0 atom stereocenters. The Morgan fingerprint density at radius 3 is 2.79 bits per heavy atom. The van der Waals surface area contributed by atoms with Crippen LogP contribution >= 0.6 is 0 Å². The number of anilines is 1. The molecule has 0 aliphatic rings. The van der Waals surface area contributed by atoms with Crippen molar-refractivity contribution in [3.8, 4) is 0 Å². The van der Waals surface area contributed by atoms with Gasteiger partial charge in [-0.15, -0.1) is 0 Å². The van der Waals surface area contributed by atoms with Gasteiger partial charge >= 0.3 is 0 Å². The van der Waals surface area contributed by atoms with Crippen molar-refractivity contribution < 1.29 is 9.21 Å². The number of amides is 1. The van der Waals surface area contributed by atoms with E-state index in [1.165, 1.54) is 6.20 Å². The number of aryl methyl sites for hydroxylation is 1. The number of primary amides is 1. The van der Waals surface area contributed by atoms with Crippen molar-refractivity contribution in [1.82, 2.24) is 4.98 Å². The Morgan fingerprint density at radius 2 is 2.12 bits per heavy atom. The van der Waals surface area contributed by atoms with Crippen LogP contribution in [0, 0.1) is 6.92 Å². The number of nitrogens with two attached hydrogens (primary N) is 1. The molecular formula is C17H15N5O2. The predicted molar refractivity (Wildman–Crippen MR) is 94.0 cm³/mol. The van der Waals surface area contributed by atoms with E-state index >= 15 is 0 Å². The van der Waals surface area contributed by atoms with Crippen molar-refractivity contribution in [1.29, 1.82) is 0 Å². The minimum Gasteiger partial charge on any atom is -0.461 e. The highest BCUT2D eigenvalue weighted by Gasteiger charge is 2.05. The van der Waals surface area contributed by atoms with Crippen LogP contribution in [0.5, 0.6) is 0 Å². The molecule has 0 aliphatic heterocycles. The van der Waals surface area contributed by atoms with Crippen molar-refractivity contribution in [3.63, 3.8) is 0 Å². The zero-order chi connectivity index (χ0) is 17.1. The zero-order valence-electron chi connectivity index (χ0n) is 13.0. The van der Waals surface area contributed by atoms with Crippen LogP contribution in [-0.2, 0) is 0 Å². The predicted octanol–water partition coefficient (Wildman–Crippen LogP) is 3.04. The van der Waals surface area contributed by atoms with Crippen molar-refractivity contribution in [2.75, 3.05) is 5.32 Å². The highest BCUT2D eigenvalue weighted by molar-refractivity contribution is 5.99. The molecular weight excluding hydrogens is 306 g/mol. The first-order valence-electron chi connectivity index (χ1n) is 7.13. The molecule has 0 unspecified atom stereocenters. The number of carbonyl (C=O) groups is 1. The van der Waals surface area contributed by atoms with E-state index in [-0.39, 0.29) is 5.96 Å². The lowest BCUT2D eigenvalue weighted by Crippen LogP contribution is -2.11. The van der Waals surface area contributed by atoms with Gasteiger partial charge < -0.3 is 15.5 Å². The molecule has 1 aromatic carbocycles. The smallest absolute Gasteiger partial charge is 0.250 e. The third-order valence-electron chi connectivity index (χ3n) is 3.30. The van der Waals surface area contributed by atoms with Gasteiger partial charge in [-0.2, -0.15) is 4.99 Å². The summed E-state index contributed by atoms with van der Waals surface area (Å²) in [6, 6.07) is 10.7. The standard InChI is InChI=1S/C17H15N5O2/c1-10-7-12-8-13(4-5-14(12)24-10)21-17(19-2)22-15-6-3-11(9-20-15)16(18)23/h3-9H,2H2,1H3,(H2,18,23)(H,20,21,22). The number of furan rings is 1. The van der Waals surface area contributed by atoms with Gasteiger partial charge in [0.05, 0.1) is 5.56 Å². The summed E-state index contributed by atoms with van der Waals surface area (Å²) in [6.07, 6.45) is 1.36. The highest BCUT2D eigenvalue weighted by Crippen LogP contribution is 2.23. The first kappa shape index (κ1) is 15.4. The van der Waals surface area contributed by atoms with Crippen molar-refractivity contribution in [2.45, 2.75) is 6.92 Å². The minimum absolute atomic E-state index is 0.286. The monoisotopic (exact) mass is 321 g/mol. The van der Waals surface area contributed by atoms with Gasteiger partial charge in [0.1, 0.15) is 11.3 Å². The maximum absolute atomic E-state index is 11.0. The van der Waals surface area contributed by atoms with Crippen LogP contribution in [0.2, 0.25) is 0 Å². The lowest BCUT2D eigenvalue weighted by atomic mass is 10.2. The summed E-state index contributed by atoms with van der Waals surface area (Å²) >= 11 is 0. The summed E-state index contributed by atoms with van der Waals surface area (Å²) in [5, 5.41) is 4.04. The molecule has 7 heteroatoms. The van der Waals surface area contributed by atoms with Gasteiger partial charge in [0, 0.05) is 17.3 Å². The van der Waals surface area contributed by atoms with Gasteiger partial charge in [0.15, 0.2) is 5.82 Å². The molecule has 2 heterocycles. The molecule has 0 radical (unpaired) electrons. The number of benzene rings is 1. The fourth-order valence-corrected chi connectivity index (χ4v) is 2.19. The molecule has 120 valence electrons. The number of pyridine rings is 1. The van der Waals surface area contributed by atoms with Crippen molar-refractivity contribution in [2.24, 2.45) is 15.7 Å². The number of aromatic nitrogens is 1. The van der Waals surface area contributed by atoms with Crippen LogP contribution in [-0.4, -0.2) is 23.6 Å². The van der Waals surface area contributed by atoms with E-state index in [4.69, 9.17) is 10.2 Å². The lowest BCUT2D eigenvalue weighted by molar-refractivity contribution is 0.1000. The Morgan fingerprint density at radius 1 is 1.29 bits per heavy atom. The van der Waals surface area contributed by atoms with Crippen LogP contribution in [0.15, 0.2) is 57.0 Å². The quantitative estimate of drug-likeness (QED) is 0.571. The lowest BCUT2D eigenvalue weighted by Gasteiger charge is -2.05. The molecule has 0 saturated carbocycles. The molecule has 24 heavy (non-hydrogen) atoms. The van der Waals surface area contributed by atoms with Gasteiger partial charge in [-0.1, -0.05) is 0 Å². The number of hydrogen-bond acceptors (Lipinski definition) is 4. The zero-order valence-corrected chi connectivity index (χ0v) is 13.0. The number of rotatable bonds is 3. The average Bonchev–Trinajstić information content (AvgIpc) is 2.94. The Hall–Kier alpha value is -3.48. The van der Waals surface area contributed by atoms with Gasteiger partial charge in [-0.25, -0.2) is 9.98 Å². The number of nitrogens with zero attached hydrogens (tertiary/aromatic N) is 3. The fraction of sp³-hybridized carbons (Fsp3) is 0.0588. The molecule has 0 fully saturated rings. The molecule has 3 aromatic rings. The number of aliphatic imine (C=N–C) groups is 2. The number of carbonyl (C=O) groups excluding carboxylic acids is 1. The molecule has 0 saturated heterocycles. The Kier molecular flexibility index (Phi) is 4.07. The topological polar surface area (TPSA) is 106 Å². The summed E-state index contributed by atoms with van der Waals surface area (Å²) < 4.78 is 5.54. The van der Waals surface area contributed by atoms with Crippen molar-refractivity contribution >= 4 is 41.1 Å². The van der Waals surface area contributed by atoms with Crippen LogP contribution < -0.4 is 11.1 Å². The first-order chi connectivity index (χ1) is 11.5. The summed E-state index contributed by atoms with van der Waals surface area (Å²) in [5.74, 6) is 0.975. The summed E-state index contributed by atoms with van der Waals surface area (Å²) in [4.78, 5) is 23.2. The first-order valence-corrected chi connectivity index (χ1v) is 7.13. The average molecular weight is 321 g/mol. The maximum atomic E-state index is 11.0. The summed E-state index contributed by atoms with van der Waals surface area (Å²) in [7, 11) is 0. The second-order valence-corrected chi connectivity index (χ2v) is 5.10. The molecule has 3 N–H and O–H groups in total. The molecule has 1 amide bonds. The van der Waals surface area contributed by atoms with Crippen LogP contribution in [0.4, 0.5) is 11.5 Å². The minimum atomic E-state index is -0.540. The fourth-order valence-electron chi connectivity index (χ4n) is 2.19. The molecule has 7 nitrogen and oxygen atoms in total. The van der Waals surface area contributed by atoms with Gasteiger partial charge in [0.2, 0.25) is 11.9 Å². The Labute approximate surface area is 137 Å². The maximum Gasteiger partial charge on any atom is 0.250 e. The van der Waals surface area contributed by atoms with E-state index in [9.17, 15) is 4.79 Å². The number of nitrogens with one attached hydrogen (secondary N) is 1. The molecule has 3 rings (SSSR count). The summed E-state index contributed by atoms with van der Waals surface area (Å²) in [6.45, 7) is 5.40. The van der Waals surface area contributed by atoms with E-state index in [1.807, 2.05) is 31.2 Å². The van der Waals surface area contributed by atoms with E-state index in [0.29, 0.717) is 11.4 Å². The number of fused-ring (bicyclic) bond motifs is 1. The van der Waals surface area contributed by atoms with E-state index < -0.39 is 5.91 Å². The van der Waals surface area contributed by atoms with E-state index in [2.05, 4.69) is 27.0 Å². The molecule has 0 spiro atoms. The van der Waals surface area contributed by atoms with Crippen molar-refractivity contribution in [3.05, 3.63) is 53.9 Å². The summed E-state index contributed by atoms with van der Waals surface area (Å²) in [5.41, 5.74) is 7.10. The largest absolute Gasteiger partial charge is 0.461 e. The number of guanidine groups is 1. The van der Waals surface area contributed by atoms with Gasteiger partial charge in [-0.05, 0) is 50.0 Å². The van der Waals surface area contributed by atoms with E-state index in [1.54, 1.807) is 12.1 Å². The number of hydrogen-bond donors (Lipinski definition) is 2. The second kappa shape index (κ2) is 6.33. The Balaban J connectivity index is 1.84. The molecule has 0 bridgehead atoms. The third-order valence-corrected chi connectivity index (χ3v) is 3.30. The van der Waals surface area contributed by atoms with Crippen LogP contribution in [0.3, 0.4) is 0 Å². The highest BCUT2D eigenvalue weighted by atomic mass is 16.3. The van der Waals surface area contributed by atoms with E-state index in [0.717, 1.165) is 22.4 Å². The van der Waals surface area contributed by atoms with Gasteiger partial charge in [0.25, 0.3) is 0 Å².